The minimum absolute atomic E-state index is 0.0416. The standard InChI is InChI=1S/C18H26N2O4/c1-4-5-6-14-18(21)19(2)7-8-20(14)11-13-9-15(22-3)17-16(10-13)23-12-24-17/h9-10,14H,4-8,11-12H2,1-3H3/t14-/m1/s1. The Kier molecular flexibility index (Phi) is 5.14. The summed E-state index contributed by atoms with van der Waals surface area (Å²) in [6, 6.07) is 3.93. The predicted molar refractivity (Wildman–Crippen MR) is 90.5 cm³/mol. The second-order valence-corrected chi connectivity index (χ2v) is 6.42. The van der Waals surface area contributed by atoms with Crippen LogP contribution >= 0.6 is 0 Å². The molecule has 1 amide bonds. The van der Waals surface area contributed by atoms with Crippen LogP contribution in [0.1, 0.15) is 31.7 Å². The molecule has 1 fully saturated rings. The molecule has 1 saturated heterocycles. The molecule has 1 aromatic rings. The van der Waals surface area contributed by atoms with Gasteiger partial charge in [-0.25, -0.2) is 0 Å². The maximum absolute atomic E-state index is 12.6. The maximum Gasteiger partial charge on any atom is 0.239 e. The Morgan fingerprint density at radius 1 is 1.29 bits per heavy atom. The minimum Gasteiger partial charge on any atom is -0.493 e. The van der Waals surface area contributed by atoms with Crippen molar-refractivity contribution >= 4 is 5.91 Å². The van der Waals surface area contributed by atoms with E-state index in [0.29, 0.717) is 18.0 Å². The van der Waals surface area contributed by atoms with Gasteiger partial charge in [0.25, 0.3) is 0 Å². The summed E-state index contributed by atoms with van der Waals surface area (Å²) < 4.78 is 16.4. The molecule has 0 aromatic heterocycles. The zero-order valence-electron chi connectivity index (χ0n) is 14.7. The fourth-order valence-corrected chi connectivity index (χ4v) is 3.36. The van der Waals surface area contributed by atoms with Gasteiger partial charge in [0.05, 0.1) is 13.2 Å². The van der Waals surface area contributed by atoms with E-state index in [4.69, 9.17) is 14.2 Å². The number of fused-ring (bicyclic) bond motifs is 1. The van der Waals surface area contributed by atoms with Crippen LogP contribution in [-0.2, 0) is 11.3 Å². The number of unbranched alkanes of at least 4 members (excludes halogenated alkanes) is 1. The molecule has 1 aromatic carbocycles. The number of hydrogen-bond acceptors (Lipinski definition) is 5. The first kappa shape index (κ1) is 16.9. The molecule has 2 heterocycles. The van der Waals surface area contributed by atoms with Crippen LogP contribution < -0.4 is 14.2 Å². The molecule has 0 N–H and O–H groups in total. The van der Waals surface area contributed by atoms with E-state index in [2.05, 4.69) is 11.8 Å². The number of rotatable bonds is 6. The van der Waals surface area contributed by atoms with Gasteiger partial charge < -0.3 is 19.1 Å². The average Bonchev–Trinajstić information content (AvgIpc) is 3.05. The van der Waals surface area contributed by atoms with Crippen molar-refractivity contribution in [3.63, 3.8) is 0 Å². The third-order valence-electron chi connectivity index (χ3n) is 4.76. The number of methoxy groups -OCH3 is 1. The molecule has 0 aliphatic carbocycles. The highest BCUT2D eigenvalue weighted by molar-refractivity contribution is 5.82. The van der Waals surface area contributed by atoms with E-state index in [1.807, 2.05) is 24.1 Å². The van der Waals surface area contributed by atoms with Crippen LogP contribution in [0.25, 0.3) is 0 Å². The SMILES string of the molecule is CCCC[C@@H]1C(=O)N(C)CCN1Cc1cc(OC)c2c(c1)OCO2. The maximum atomic E-state index is 12.6. The molecule has 0 unspecified atom stereocenters. The third kappa shape index (κ3) is 3.29. The highest BCUT2D eigenvalue weighted by Gasteiger charge is 2.32. The van der Waals surface area contributed by atoms with Gasteiger partial charge in [0.1, 0.15) is 0 Å². The van der Waals surface area contributed by atoms with E-state index in [9.17, 15) is 4.79 Å². The molecular weight excluding hydrogens is 308 g/mol. The Balaban J connectivity index is 1.79. The van der Waals surface area contributed by atoms with Gasteiger partial charge in [-0.05, 0) is 24.1 Å². The largest absolute Gasteiger partial charge is 0.493 e. The number of ether oxygens (including phenoxy) is 3. The molecule has 0 spiro atoms. The summed E-state index contributed by atoms with van der Waals surface area (Å²) >= 11 is 0. The molecule has 0 radical (unpaired) electrons. The summed E-state index contributed by atoms with van der Waals surface area (Å²) in [7, 11) is 3.52. The van der Waals surface area contributed by atoms with Crippen molar-refractivity contribution in [1.29, 1.82) is 0 Å². The summed E-state index contributed by atoms with van der Waals surface area (Å²) in [6.07, 6.45) is 3.06. The van der Waals surface area contributed by atoms with Gasteiger partial charge in [-0.15, -0.1) is 0 Å². The number of piperazine rings is 1. The van der Waals surface area contributed by atoms with Gasteiger partial charge >= 0.3 is 0 Å². The number of carbonyl (C=O) groups excluding carboxylic acids is 1. The Morgan fingerprint density at radius 2 is 2.12 bits per heavy atom. The molecule has 24 heavy (non-hydrogen) atoms. The number of likely N-dealkylation sites (N-methyl/N-ethyl adjacent to an activating group) is 1. The van der Waals surface area contributed by atoms with Crippen LogP contribution in [0.15, 0.2) is 12.1 Å². The lowest BCUT2D eigenvalue weighted by molar-refractivity contribution is -0.140. The van der Waals surface area contributed by atoms with Gasteiger partial charge in [-0.1, -0.05) is 19.8 Å². The lowest BCUT2D eigenvalue weighted by Gasteiger charge is -2.39. The average molecular weight is 334 g/mol. The molecule has 0 saturated carbocycles. The van der Waals surface area contributed by atoms with Crippen LogP contribution in [0.3, 0.4) is 0 Å². The van der Waals surface area contributed by atoms with E-state index >= 15 is 0 Å². The van der Waals surface area contributed by atoms with E-state index < -0.39 is 0 Å². The van der Waals surface area contributed by atoms with Gasteiger partial charge in [0, 0.05) is 26.7 Å². The molecular formula is C18H26N2O4. The predicted octanol–water partition coefficient (Wildman–Crippen LogP) is 2.26. The van der Waals surface area contributed by atoms with E-state index in [-0.39, 0.29) is 18.7 Å². The molecule has 6 nitrogen and oxygen atoms in total. The van der Waals surface area contributed by atoms with E-state index in [1.54, 1.807) is 7.11 Å². The lowest BCUT2D eigenvalue weighted by atomic mass is 10.0. The normalized spacial score (nSPS) is 20.5. The van der Waals surface area contributed by atoms with Crippen LogP contribution in [0.2, 0.25) is 0 Å². The number of carbonyl (C=O) groups is 1. The second-order valence-electron chi connectivity index (χ2n) is 6.42. The van der Waals surface area contributed by atoms with Crippen LogP contribution in [-0.4, -0.2) is 55.8 Å². The Bertz CT molecular complexity index is 605. The third-order valence-corrected chi connectivity index (χ3v) is 4.76. The number of hydrogen-bond donors (Lipinski definition) is 0. The Labute approximate surface area is 143 Å². The van der Waals surface area contributed by atoms with Gasteiger partial charge in [0.15, 0.2) is 11.5 Å². The van der Waals surface area contributed by atoms with Gasteiger partial charge in [-0.2, -0.15) is 0 Å². The van der Waals surface area contributed by atoms with Crippen LogP contribution in [0.5, 0.6) is 17.2 Å². The fraction of sp³-hybridized carbons (Fsp3) is 0.611. The van der Waals surface area contributed by atoms with Gasteiger partial charge in [-0.3, -0.25) is 9.69 Å². The number of benzene rings is 1. The van der Waals surface area contributed by atoms with Crippen molar-refractivity contribution in [2.24, 2.45) is 0 Å². The Morgan fingerprint density at radius 3 is 2.88 bits per heavy atom. The van der Waals surface area contributed by atoms with Crippen molar-refractivity contribution in [3.8, 4) is 17.2 Å². The fourth-order valence-electron chi connectivity index (χ4n) is 3.36. The topological polar surface area (TPSA) is 51.2 Å². The van der Waals surface area contributed by atoms with Crippen molar-refractivity contribution in [2.75, 3.05) is 34.0 Å². The Hall–Kier alpha value is -1.95. The molecule has 0 bridgehead atoms. The zero-order valence-corrected chi connectivity index (χ0v) is 14.7. The first-order chi connectivity index (χ1) is 11.6. The summed E-state index contributed by atoms with van der Waals surface area (Å²) in [6.45, 7) is 4.74. The molecule has 132 valence electrons. The summed E-state index contributed by atoms with van der Waals surface area (Å²) in [4.78, 5) is 16.7. The first-order valence-corrected chi connectivity index (χ1v) is 8.59. The van der Waals surface area contributed by atoms with Gasteiger partial charge in [0.2, 0.25) is 18.4 Å². The van der Waals surface area contributed by atoms with E-state index in [0.717, 1.165) is 43.7 Å². The first-order valence-electron chi connectivity index (χ1n) is 8.59. The van der Waals surface area contributed by atoms with Crippen molar-refractivity contribution in [1.82, 2.24) is 9.80 Å². The molecule has 1 atom stereocenters. The smallest absolute Gasteiger partial charge is 0.239 e. The summed E-state index contributed by atoms with van der Waals surface area (Å²) in [5.41, 5.74) is 1.08. The molecule has 6 heteroatoms. The lowest BCUT2D eigenvalue weighted by Crippen LogP contribution is -2.55. The molecule has 2 aliphatic rings. The summed E-state index contributed by atoms with van der Waals surface area (Å²) in [5, 5.41) is 0. The van der Waals surface area contributed by atoms with Crippen molar-refractivity contribution in [3.05, 3.63) is 17.7 Å². The minimum atomic E-state index is -0.0416. The van der Waals surface area contributed by atoms with E-state index in [1.165, 1.54) is 0 Å². The quantitative estimate of drug-likeness (QED) is 0.799. The van der Waals surface area contributed by atoms with Crippen LogP contribution in [0, 0.1) is 0 Å². The number of nitrogens with zero attached hydrogens (tertiary/aromatic N) is 2. The summed E-state index contributed by atoms with van der Waals surface area (Å²) in [5.74, 6) is 2.29. The van der Waals surface area contributed by atoms with Crippen molar-refractivity contribution < 1.29 is 19.0 Å². The molecule has 3 rings (SSSR count). The molecule has 2 aliphatic heterocycles. The zero-order chi connectivity index (χ0) is 17.1. The van der Waals surface area contributed by atoms with Crippen molar-refractivity contribution in [2.45, 2.75) is 38.8 Å². The monoisotopic (exact) mass is 334 g/mol. The highest BCUT2D eigenvalue weighted by atomic mass is 16.7. The number of amides is 1. The van der Waals surface area contributed by atoms with Crippen LogP contribution in [0.4, 0.5) is 0 Å². The second kappa shape index (κ2) is 7.30. The highest BCUT2D eigenvalue weighted by Crippen LogP contribution is 2.42.